The topological polar surface area (TPSA) is 141 Å². The molecule has 1 aliphatic rings. The Hall–Kier alpha value is -3.30. The van der Waals surface area contributed by atoms with Crippen LogP contribution in [-0.4, -0.2) is 46.2 Å². The number of carbonyl (C=O) groups excluding carboxylic acids is 1. The molecule has 1 fully saturated rings. The fourth-order valence-corrected chi connectivity index (χ4v) is 3.13. The van der Waals surface area contributed by atoms with Crippen molar-refractivity contribution >= 4 is 34.1 Å². The fraction of sp³-hybridized carbons (Fsp3) is 0.263. The van der Waals surface area contributed by atoms with Crippen LogP contribution in [0.25, 0.3) is 10.9 Å². The predicted molar refractivity (Wildman–Crippen MR) is 106 cm³/mol. The highest BCUT2D eigenvalue weighted by Crippen LogP contribution is 2.23. The molecule has 4 rings (SSSR count). The van der Waals surface area contributed by atoms with Crippen LogP contribution in [-0.2, 0) is 4.74 Å². The van der Waals surface area contributed by atoms with Crippen molar-refractivity contribution in [3.63, 3.8) is 0 Å². The van der Waals surface area contributed by atoms with E-state index in [4.69, 9.17) is 16.2 Å². The number of fused-ring (bicyclic) bond motifs is 1. The third kappa shape index (κ3) is 3.85. The Labute approximate surface area is 161 Å². The number of hydrogen-bond acceptors (Lipinski definition) is 8. The van der Waals surface area contributed by atoms with Gasteiger partial charge in [0.1, 0.15) is 5.82 Å². The molecule has 3 aromatic rings. The van der Waals surface area contributed by atoms with Crippen LogP contribution in [0.2, 0.25) is 0 Å². The summed E-state index contributed by atoms with van der Waals surface area (Å²) in [5, 5.41) is 7.33. The minimum Gasteiger partial charge on any atom is -0.380 e. The number of aromatic nitrogens is 3. The molecule has 1 saturated heterocycles. The maximum atomic E-state index is 11.8. The first-order chi connectivity index (χ1) is 13.6. The first-order valence-corrected chi connectivity index (χ1v) is 8.98. The van der Waals surface area contributed by atoms with Crippen LogP contribution in [0.5, 0.6) is 0 Å². The zero-order valence-electron chi connectivity index (χ0n) is 15.1. The molecule has 9 nitrogen and oxygen atoms in total. The third-order valence-electron chi connectivity index (χ3n) is 4.59. The first kappa shape index (κ1) is 18.1. The Morgan fingerprint density at radius 3 is 2.89 bits per heavy atom. The molecule has 6 N–H and O–H groups in total. The summed E-state index contributed by atoms with van der Waals surface area (Å²) in [5.74, 6) is 0.0943. The van der Waals surface area contributed by atoms with Gasteiger partial charge >= 0.3 is 0 Å². The number of rotatable bonds is 5. The number of primary amides is 1. The van der Waals surface area contributed by atoms with E-state index in [1.54, 1.807) is 6.20 Å². The van der Waals surface area contributed by atoms with Gasteiger partial charge in [-0.25, -0.2) is 9.97 Å². The van der Waals surface area contributed by atoms with Crippen LogP contribution in [0.4, 0.5) is 17.3 Å². The molecule has 1 aliphatic heterocycles. The summed E-state index contributed by atoms with van der Waals surface area (Å²) in [4.78, 5) is 24.9. The summed E-state index contributed by atoms with van der Waals surface area (Å²) in [6.45, 7) is 1.12. The van der Waals surface area contributed by atoms with Crippen LogP contribution in [0.3, 0.4) is 0 Å². The second kappa shape index (κ2) is 7.75. The number of anilines is 3. The number of hydrogen-bond donors (Lipinski definition) is 4. The number of pyridine rings is 1. The lowest BCUT2D eigenvalue weighted by molar-refractivity contribution is 0.0752. The number of para-hydroxylation sites is 1. The van der Waals surface area contributed by atoms with E-state index in [1.807, 2.05) is 30.3 Å². The Bertz CT molecular complexity index is 1010. The van der Waals surface area contributed by atoms with Gasteiger partial charge in [-0.15, -0.1) is 0 Å². The van der Waals surface area contributed by atoms with E-state index in [1.165, 1.54) is 6.20 Å². The monoisotopic (exact) mass is 379 g/mol. The van der Waals surface area contributed by atoms with Gasteiger partial charge in [-0.2, -0.15) is 0 Å². The van der Waals surface area contributed by atoms with Crippen molar-refractivity contribution < 1.29 is 9.53 Å². The molecule has 0 spiro atoms. The van der Waals surface area contributed by atoms with Gasteiger partial charge in [0.2, 0.25) is 0 Å². The van der Waals surface area contributed by atoms with Gasteiger partial charge in [-0.05, 0) is 18.6 Å². The number of ether oxygens (including phenoxy) is 1. The van der Waals surface area contributed by atoms with Gasteiger partial charge in [-0.3, -0.25) is 9.78 Å². The second-order valence-electron chi connectivity index (χ2n) is 6.64. The Kier molecular flexibility index (Phi) is 5.00. The lowest BCUT2D eigenvalue weighted by Gasteiger charge is -2.29. The second-order valence-corrected chi connectivity index (χ2v) is 6.64. The van der Waals surface area contributed by atoms with Crippen molar-refractivity contribution in [2.24, 2.45) is 11.5 Å². The number of amides is 1. The van der Waals surface area contributed by atoms with Crippen LogP contribution in [0, 0.1) is 0 Å². The number of carbonyl (C=O) groups is 1. The molecule has 9 heteroatoms. The van der Waals surface area contributed by atoms with Crippen molar-refractivity contribution in [1.29, 1.82) is 0 Å². The van der Waals surface area contributed by atoms with E-state index in [9.17, 15) is 4.79 Å². The number of benzene rings is 1. The van der Waals surface area contributed by atoms with Crippen LogP contribution in [0.15, 0.2) is 42.7 Å². The van der Waals surface area contributed by atoms with E-state index >= 15 is 0 Å². The molecular formula is C19H21N7O2. The molecule has 2 atom stereocenters. The zero-order valence-corrected chi connectivity index (χ0v) is 15.1. The van der Waals surface area contributed by atoms with Gasteiger partial charge < -0.3 is 26.8 Å². The fourth-order valence-electron chi connectivity index (χ4n) is 3.13. The van der Waals surface area contributed by atoms with Gasteiger partial charge in [0.05, 0.1) is 30.2 Å². The maximum Gasteiger partial charge on any atom is 0.271 e. The quantitative estimate of drug-likeness (QED) is 0.521. The Morgan fingerprint density at radius 2 is 2.07 bits per heavy atom. The van der Waals surface area contributed by atoms with E-state index < -0.39 is 5.91 Å². The van der Waals surface area contributed by atoms with Crippen molar-refractivity contribution in [1.82, 2.24) is 15.0 Å². The molecule has 0 aliphatic carbocycles. The maximum absolute atomic E-state index is 11.8. The minimum atomic E-state index is -0.668. The molecular weight excluding hydrogens is 358 g/mol. The van der Waals surface area contributed by atoms with E-state index in [0.29, 0.717) is 24.7 Å². The first-order valence-electron chi connectivity index (χ1n) is 8.98. The van der Waals surface area contributed by atoms with Crippen molar-refractivity contribution in [2.45, 2.75) is 18.5 Å². The molecule has 2 aromatic heterocycles. The molecule has 28 heavy (non-hydrogen) atoms. The largest absolute Gasteiger partial charge is 0.380 e. The summed E-state index contributed by atoms with van der Waals surface area (Å²) < 4.78 is 5.36. The Morgan fingerprint density at radius 1 is 1.21 bits per heavy atom. The van der Waals surface area contributed by atoms with Gasteiger partial charge in [0.15, 0.2) is 11.5 Å². The van der Waals surface area contributed by atoms with Crippen LogP contribution >= 0.6 is 0 Å². The number of nitrogens with one attached hydrogen (secondary N) is 2. The standard InChI is InChI=1S/C19H21N7O2/c20-13-10-28-6-5-15(13)25-16-9-23-17(18(21)27)19(26-16)24-12-7-11-3-1-2-4-14(11)22-8-12/h1-4,7-9,13,15H,5-6,10,20H2,(H2,21,27)(H2,24,25,26)/t13-,15+/m0/s1. The summed E-state index contributed by atoms with van der Waals surface area (Å²) >= 11 is 0. The van der Waals surface area contributed by atoms with E-state index in [0.717, 1.165) is 17.3 Å². The molecule has 0 radical (unpaired) electrons. The molecule has 1 amide bonds. The highest BCUT2D eigenvalue weighted by atomic mass is 16.5. The lowest BCUT2D eigenvalue weighted by atomic mass is 10.0. The van der Waals surface area contributed by atoms with Gasteiger partial charge in [0, 0.05) is 24.1 Å². The average molecular weight is 379 g/mol. The summed E-state index contributed by atoms with van der Waals surface area (Å²) in [7, 11) is 0. The van der Waals surface area contributed by atoms with Crippen LogP contribution < -0.4 is 22.1 Å². The SMILES string of the molecule is NC(=O)c1ncc(N[C@@H]2CCOC[C@@H]2N)nc1Nc1cnc2ccccc2c1. The molecule has 0 unspecified atom stereocenters. The molecule has 0 saturated carbocycles. The highest BCUT2D eigenvalue weighted by Gasteiger charge is 2.23. The van der Waals surface area contributed by atoms with E-state index in [2.05, 4.69) is 25.6 Å². The number of nitrogens with zero attached hydrogens (tertiary/aromatic N) is 3. The summed E-state index contributed by atoms with van der Waals surface area (Å²) in [5.41, 5.74) is 13.1. The molecule has 1 aromatic carbocycles. The number of nitrogens with two attached hydrogens (primary N) is 2. The molecule has 3 heterocycles. The zero-order chi connectivity index (χ0) is 19.5. The average Bonchev–Trinajstić information content (AvgIpc) is 2.70. The van der Waals surface area contributed by atoms with Crippen LogP contribution in [0.1, 0.15) is 16.9 Å². The third-order valence-corrected chi connectivity index (χ3v) is 4.59. The summed E-state index contributed by atoms with van der Waals surface area (Å²) in [6.07, 6.45) is 3.91. The van der Waals surface area contributed by atoms with Gasteiger partial charge in [-0.1, -0.05) is 18.2 Å². The van der Waals surface area contributed by atoms with E-state index in [-0.39, 0.29) is 23.6 Å². The molecule has 0 bridgehead atoms. The van der Waals surface area contributed by atoms with Crippen molar-refractivity contribution in [3.05, 3.63) is 48.4 Å². The van der Waals surface area contributed by atoms with Crippen molar-refractivity contribution in [2.75, 3.05) is 23.8 Å². The molecule has 144 valence electrons. The normalized spacial score (nSPS) is 19.3. The lowest BCUT2D eigenvalue weighted by Crippen LogP contribution is -2.47. The predicted octanol–water partition coefficient (Wildman–Crippen LogP) is 1.40. The highest BCUT2D eigenvalue weighted by molar-refractivity contribution is 5.96. The van der Waals surface area contributed by atoms with Crippen molar-refractivity contribution in [3.8, 4) is 0 Å². The Balaban J connectivity index is 1.62. The minimum absolute atomic E-state index is 0.0117. The van der Waals surface area contributed by atoms with Gasteiger partial charge in [0.25, 0.3) is 5.91 Å². The smallest absolute Gasteiger partial charge is 0.271 e. The summed E-state index contributed by atoms with van der Waals surface area (Å²) in [6, 6.07) is 9.53.